The minimum absolute atomic E-state index is 0.139. The molecule has 0 spiro atoms. The van der Waals surface area contributed by atoms with Crippen LogP contribution < -0.4 is 5.32 Å². The van der Waals surface area contributed by atoms with Gasteiger partial charge in [-0.15, -0.1) is 0 Å². The van der Waals surface area contributed by atoms with Crippen molar-refractivity contribution < 1.29 is 8.42 Å². The van der Waals surface area contributed by atoms with Gasteiger partial charge in [-0.2, -0.15) is 0 Å². The fourth-order valence-corrected chi connectivity index (χ4v) is 3.04. The number of anilines is 1. The molecule has 1 aromatic carbocycles. The Morgan fingerprint density at radius 3 is 2.36 bits per heavy atom. The molecule has 2 rings (SSSR count). The second kappa shape index (κ2) is 6.08. The fourth-order valence-electron chi connectivity index (χ4n) is 2.23. The van der Waals surface area contributed by atoms with Crippen LogP contribution in [0.4, 0.5) is 5.82 Å². The molecule has 0 unspecified atom stereocenters. The summed E-state index contributed by atoms with van der Waals surface area (Å²) in [6.07, 6.45) is 2.79. The SMILES string of the molecule is Cc1ccc(C(C)(C)CNc2ncccc2S(C)(=O)=O)cc1. The zero-order valence-electron chi connectivity index (χ0n) is 13.4. The number of benzene rings is 1. The third-order valence-corrected chi connectivity index (χ3v) is 4.83. The predicted octanol–water partition coefficient (Wildman–Crippen LogP) is 3.18. The van der Waals surface area contributed by atoms with E-state index in [0.29, 0.717) is 12.4 Å². The highest BCUT2D eigenvalue weighted by Gasteiger charge is 2.22. The average Bonchev–Trinajstić information content (AvgIpc) is 2.45. The van der Waals surface area contributed by atoms with Gasteiger partial charge >= 0.3 is 0 Å². The zero-order chi connectivity index (χ0) is 16.4. The van der Waals surface area contributed by atoms with Gasteiger partial charge in [-0.05, 0) is 24.6 Å². The molecule has 5 heteroatoms. The van der Waals surface area contributed by atoms with Gasteiger partial charge in [0.05, 0.1) is 0 Å². The highest BCUT2D eigenvalue weighted by molar-refractivity contribution is 7.90. The topological polar surface area (TPSA) is 59.1 Å². The molecular formula is C17H22N2O2S. The van der Waals surface area contributed by atoms with Gasteiger partial charge in [0.15, 0.2) is 9.84 Å². The first-order chi connectivity index (χ1) is 10.2. The Labute approximate surface area is 132 Å². The number of nitrogens with zero attached hydrogens (tertiary/aromatic N) is 1. The smallest absolute Gasteiger partial charge is 0.179 e. The molecule has 0 aliphatic heterocycles. The number of nitrogens with one attached hydrogen (secondary N) is 1. The summed E-state index contributed by atoms with van der Waals surface area (Å²) in [5, 5.41) is 3.18. The van der Waals surface area contributed by atoms with Gasteiger partial charge in [-0.1, -0.05) is 43.7 Å². The summed E-state index contributed by atoms with van der Waals surface area (Å²) in [6, 6.07) is 11.6. The van der Waals surface area contributed by atoms with Crippen LogP contribution in [0.3, 0.4) is 0 Å². The first-order valence-electron chi connectivity index (χ1n) is 7.16. The van der Waals surface area contributed by atoms with Crippen molar-refractivity contribution in [3.63, 3.8) is 0 Å². The van der Waals surface area contributed by atoms with Crippen molar-refractivity contribution >= 4 is 15.7 Å². The van der Waals surface area contributed by atoms with Crippen LogP contribution in [-0.4, -0.2) is 26.2 Å². The molecule has 0 saturated carbocycles. The Bertz CT molecular complexity index is 750. The highest BCUT2D eigenvalue weighted by Crippen LogP contribution is 2.25. The molecular weight excluding hydrogens is 296 g/mol. The first kappa shape index (κ1) is 16.5. The Morgan fingerprint density at radius 1 is 1.14 bits per heavy atom. The van der Waals surface area contributed by atoms with Crippen LogP contribution in [0.25, 0.3) is 0 Å². The van der Waals surface area contributed by atoms with Crippen LogP contribution >= 0.6 is 0 Å². The Kier molecular flexibility index (Phi) is 4.56. The maximum Gasteiger partial charge on any atom is 0.179 e. The average molecular weight is 318 g/mol. The van der Waals surface area contributed by atoms with Gasteiger partial charge in [0.1, 0.15) is 10.7 Å². The molecule has 22 heavy (non-hydrogen) atoms. The van der Waals surface area contributed by atoms with E-state index in [9.17, 15) is 8.42 Å². The van der Waals surface area contributed by atoms with E-state index in [4.69, 9.17) is 0 Å². The Balaban J connectivity index is 2.21. The molecule has 0 radical (unpaired) electrons. The highest BCUT2D eigenvalue weighted by atomic mass is 32.2. The van der Waals surface area contributed by atoms with E-state index in [1.807, 2.05) is 0 Å². The van der Waals surface area contributed by atoms with E-state index < -0.39 is 9.84 Å². The summed E-state index contributed by atoms with van der Waals surface area (Å²) in [5.74, 6) is 0.408. The lowest BCUT2D eigenvalue weighted by Gasteiger charge is -2.26. The summed E-state index contributed by atoms with van der Waals surface area (Å²) in [4.78, 5) is 4.40. The van der Waals surface area contributed by atoms with Gasteiger partial charge in [0.2, 0.25) is 0 Å². The Hall–Kier alpha value is -1.88. The van der Waals surface area contributed by atoms with E-state index in [1.165, 1.54) is 17.4 Å². The molecule has 0 atom stereocenters. The largest absolute Gasteiger partial charge is 0.368 e. The molecule has 1 heterocycles. The number of pyridine rings is 1. The molecule has 1 aromatic heterocycles. The van der Waals surface area contributed by atoms with E-state index >= 15 is 0 Å². The summed E-state index contributed by atoms with van der Waals surface area (Å²) in [6.45, 7) is 6.89. The third kappa shape index (κ3) is 3.85. The van der Waals surface area contributed by atoms with E-state index in [-0.39, 0.29) is 10.3 Å². The van der Waals surface area contributed by atoms with E-state index in [2.05, 4.69) is 55.3 Å². The van der Waals surface area contributed by atoms with E-state index in [0.717, 1.165) is 0 Å². The van der Waals surface area contributed by atoms with Crippen LogP contribution in [0.15, 0.2) is 47.5 Å². The van der Waals surface area contributed by atoms with Crippen molar-refractivity contribution in [2.75, 3.05) is 18.1 Å². The lowest BCUT2D eigenvalue weighted by molar-refractivity contribution is 0.554. The summed E-state index contributed by atoms with van der Waals surface area (Å²) in [7, 11) is -3.30. The second-order valence-electron chi connectivity index (χ2n) is 6.23. The van der Waals surface area contributed by atoms with Crippen LogP contribution in [0.2, 0.25) is 0 Å². The van der Waals surface area contributed by atoms with Gasteiger partial charge in [-0.3, -0.25) is 0 Å². The number of hydrogen-bond acceptors (Lipinski definition) is 4. The molecule has 4 nitrogen and oxygen atoms in total. The van der Waals surface area contributed by atoms with Crippen molar-refractivity contribution in [3.05, 3.63) is 53.7 Å². The normalized spacial score (nSPS) is 12.2. The molecule has 0 aliphatic rings. The molecule has 0 amide bonds. The summed E-state index contributed by atoms with van der Waals surface area (Å²) >= 11 is 0. The molecule has 2 aromatic rings. The van der Waals surface area contributed by atoms with Crippen LogP contribution in [0.1, 0.15) is 25.0 Å². The first-order valence-corrected chi connectivity index (χ1v) is 9.05. The maximum atomic E-state index is 11.8. The van der Waals surface area contributed by atoms with E-state index in [1.54, 1.807) is 18.3 Å². The quantitative estimate of drug-likeness (QED) is 0.920. The van der Waals surface area contributed by atoms with Crippen molar-refractivity contribution in [3.8, 4) is 0 Å². The van der Waals surface area contributed by atoms with Crippen molar-refractivity contribution in [1.82, 2.24) is 4.98 Å². The predicted molar refractivity (Wildman–Crippen MR) is 90.0 cm³/mol. The standard InChI is InChI=1S/C17H22N2O2S/c1-13-7-9-14(10-8-13)17(2,3)12-19-16-15(22(4,20)21)6-5-11-18-16/h5-11H,12H2,1-4H3,(H,18,19). The van der Waals surface area contributed by atoms with Gasteiger partial charge in [0.25, 0.3) is 0 Å². The second-order valence-corrected chi connectivity index (χ2v) is 8.21. The van der Waals surface area contributed by atoms with Gasteiger partial charge in [0, 0.05) is 24.4 Å². The molecule has 0 fully saturated rings. The van der Waals surface area contributed by atoms with Crippen molar-refractivity contribution in [1.29, 1.82) is 0 Å². The Morgan fingerprint density at radius 2 is 1.77 bits per heavy atom. The van der Waals surface area contributed by atoms with Gasteiger partial charge < -0.3 is 5.32 Å². The third-order valence-electron chi connectivity index (χ3n) is 3.70. The zero-order valence-corrected chi connectivity index (χ0v) is 14.2. The number of aromatic nitrogens is 1. The number of sulfone groups is 1. The van der Waals surface area contributed by atoms with Crippen LogP contribution in [0, 0.1) is 6.92 Å². The van der Waals surface area contributed by atoms with Crippen molar-refractivity contribution in [2.45, 2.75) is 31.1 Å². The van der Waals surface area contributed by atoms with Crippen LogP contribution in [0.5, 0.6) is 0 Å². The monoisotopic (exact) mass is 318 g/mol. The summed E-state index contributed by atoms with van der Waals surface area (Å²) < 4.78 is 23.6. The van der Waals surface area contributed by atoms with Crippen molar-refractivity contribution in [2.24, 2.45) is 0 Å². The maximum absolute atomic E-state index is 11.8. The van der Waals surface area contributed by atoms with Gasteiger partial charge in [-0.25, -0.2) is 13.4 Å². The lowest BCUT2D eigenvalue weighted by Crippen LogP contribution is -2.28. The molecule has 0 bridgehead atoms. The fraction of sp³-hybridized carbons (Fsp3) is 0.353. The minimum Gasteiger partial charge on any atom is -0.368 e. The molecule has 0 saturated heterocycles. The lowest BCUT2D eigenvalue weighted by atomic mass is 9.84. The molecule has 0 aliphatic carbocycles. The van der Waals surface area contributed by atoms with Crippen LogP contribution in [-0.2, 0) is 15.3 Å². The number of rotatable bonds is 5. The molecule has 118 valence electrons. The number of hydrogen-bond donors (Lipinski definition) is 1. The molecule has 1 N–H and O–H groups in total. The number of aryl methyl sites for hydroxylation is 1. The summed E-state index contributed by atoms with van der Waals surface area (Å²) in [5.41, 5.74) is 2.28. The minimum atomic E-state index is -3.30.